The van der Waals surface area contributed by atoms with Crippen LogP contribution in [-0.2, 0) is 23.1 Å². The lowest BCUT2D eigenvalue weighted by molar-refractivity contribution is -0.220. The monoisotopic (exact) mass is 572 g/mol. The minimum Gasteiger partial charge on any atom is -0.457 e. The van der Waals surface area contributed by atoms with Gasteiger partial charge < -0.3 is 40.3 Å². The van der Waals surface area contributed by atoms with Gasteiger partial charge in [0.15, 0.2) is 0 Å². The first kappa shape index (κ1) is 35.4. The molecule has 0 spiro atoms. The Labute approximate surface area is 225 Å². The predicted octanol–water partition coefficient (Wildman–Crippen LogP) is 1.69. The molecule has 0 radical (unpaired) electrons. The maximum atomic E-state index is 12.2. The topological polar surface area (TPSA) is 203 Å². The van der Waals surface area contributed by atoms with Crippen molar-refractivity contribution in [1.29, 1.82) is 0 Å². The van der Waals surface area contributed by atoms with Crippen molar-refractivity contribution in [2.75, 3.05) is 13.2 Å². The number of phosphoric acid groups is 1. The first-order valence-corrected chi connectivity index (χ1v) is 15.4. The average molecular weight is 573 g/mol. The van der Waals surface area contributed by atoms with Gasteiger partial charge >= 0.3 is 13.8 Å². The van der Waals surface area contributed by atoms with Gasteiger partial charge in [-0.2, -0.15) is 0 Å². The maximum absolute atomic E-state index is 12.2. The number of carbonyl (C=O) groups excluding carboxylic acids is 1. The van der Waals surface area contributed by atoms with Crippen LogP contribution in [0.3, 0.4) is 0 Å². The van der Waals surface area contributed by atoms with E-state index in [1.54, 1.807) is 0 Å². The van der Waals surface area contributed by atoms with Crippen molar-refractivity contribution >= 4 is 13.8 Å². The molecule has 1 rings (SSSR count). The summed E-state index contributed by atoms with van der Waals surface area (Å²) < 4.78 is 26.7. The molecule has 13 heteroatoms. The van der Waals surface area contributed by atoms with Crippen LogP contribution in [0.2, 0.25) is 0 Å². The van der Waals surface area contributed by atoms with Crippen molar-refractivity contribution in [3.63, 3.8) is 0 Å². The first-order valence-electron chi connectivity index (χ1n) is 13.9. The Kier molecular flexibility index (Phi) is 18.1. The lowest BCUT2D eigenvalue weighted by Crippen LogP contribution is -2.64. The number of aliphatic hydroxyl groups excluding tert-OH is 6. The number of unbranched alkanes of at least 4 members (excludes halogenated alkanes) is 12. The zero-order valence-corrected chi connectivity index (χ0v) is 23.4. The summed E-state index contributed by atoms with van der Waals surface area (Å²) in [5.74, 6) is -0.595. The lowest BCUT2D eigenvalue weighted by Gasteiger charge is -2.41. The Morgan fingerprint density at radius 3 is 1.61 bits per heavy atom. The van der Waals surface area contributed by atoms with Crippen molar-refractivity contribution in [3.05, 3.63) is 0 Å². The van der Waals surface area contributed by atoms with Gasteiger partial charge in [-0.1, -0.05) is 84.0 Å². The number of phosphoric ester groups is 1. The maximum Gasteiger partial charge on any atom is 0.472 e. The van der Waals surface area contributed by atoms with Crippen molar-refractivity contribution in [2.45, 2.75) is 140 Å². The molecule has 38 heavy (non-hydrogen) atoms. The molecule has 0 saturated heterocycles. The number of ether oxygens (including phenoxy) is 1. The Balaban J connectivity index is 2.21. The van der Waals surface area contributed by atoms with Crippen LogP contribution in [0.1, 0.15) is 96.8 Å². The van der Waals surface area contributed by atoms with Gasteiger partial charge in [0.25, 0.3) is 0 Å². The Hall–Kier alpha value is -0.660. The van der Waals surface area contributed by atoms with E-state index >= 15 is 0 Å². The van der Waals surface area contributed by atoms with Gasteiger partial charge in [0, 0.05) is 6.42 Å². The molecule has 7 N–H and O–H groups in total. The highest BCUT2D eigenvalue weighted by atomic mass is 31.2. The van der Waals surface area contributed by atoms with Crippen LogP contribution in [0.4, 0.5) is 0 Å². The molecule has 1 aliphatic rings. The third-order valence-electron chi connectivity index (χ3n) is 6.74. The summed E-state index contributed by atoms with van der Waals surface area (Å²) in [6, 6.07) is 0. The smallest absolute Gasteiger partial charge is 0.457 e. The Morgan fingerprint density at radius 1 is 0.737 bits per heavy atom. The summed E-state index contributed by atoms with van der Waals surface area (Å²) in [5, 5.41) is 58.2. The van der Waals surface area contributed by atoms with E-state index in [-0.39, 0.29) is 6.42 Å². The number of hydrogen-bond acceptors (Lipinski definition) is 11. The Bertz CT molecular complexity index is 665. The van der Waals surface area contributed by atoms with Gasteiger partial charge in [-0.15, -0.1) is 0 Å². The minimum atomic E-state index is -5.00. The molecule has 1 fully saturated rings. The summed E-state index contributed by atoms with van der Waals surface area (Å²) in [5.41, 5.74) is 0. The summed E-state index contributed by atoms with van der Waals surface area (Å²) >= 11 is 0. The third kappa shape index (κ3) is 13.6. The van der Waals surface area contributed by atoms with E-state index in [4.69, 9.17) is 9.26 Å². The normalized spacial score (nSPS) is 28.1. The molecule has 226 valence electrons. The lowest BCUT2D eigenvalue weighted by atomic mass is 9.85. The third-order valence-corrected chi connectivity index (χ3v) is 7.72. The summed E-state index contributed by atoms with van der Waals surface area (Å²) in [6.45, 7) is 0.805. The second kappa shape index (κ2) is 19.4. The molecule has 0 aliphatic heterocycles. The van der Waals surface area contributed by atoms with Crippen LogP contribution >= 0.6 is 7.82 Å². The van der Waals surface area contributed by atoms with Crippen LogP contribution in [-0.4, -0.2) is 97.4 Å². The van der Waals surface area contributed by atoms with E-state index in [9.17, 15) is 44.9 Å². The highest BCUT2D eigenvalue weighted by Gasteiger charge is 2.51. The molecule has 0 amide bonds. The highest BCUT2D eigenvalue weighted by Crippen LogP contribution is 2.47. The zero-order chi connectivity index (χ0) is 28.6. The molecule has 0 bridgehead atoms. The van der Waals surface area contributed by atoms with Gasteiger partial charge in [-0.3, -0.25) is 13.8 Å². The van der Waals surface area contributed by atoms with Crippen LogP contribution in [0.5, 0.6) is 0 Å². The number of carbonyl (C=O) groups is 1. The van der Waals surface area contributed by atoms with E-state index in [0.717, 1.165) is 19.3 Å². The fraction of sp³-hybridized carbons (Fsp3) is 0.960. The summed E-state index contributed by atoms with van der Waals surface area (Å²) in [6.07, 6.45) is 2.27. The van der Waals surface area contributed by atoms with Crippen molar-refractivity contribution in [3.8, 4) is 0 Å². The molecule has 0 heterocycles. The van der Waals surface area contributed by atoms with Gasteiger partial charge in [0.1, 0.15) is 42.7 Å². The fourth-order valence-corrected chi connectivity index (χ4v) is 5.31. The molecular weight excluding hydrogens is 523 g/mol. The SMILES string of the molecule is CCCCCCCCCCCCCCCC(=O)O[C@@H](CO)COP(=O)(O)OC1[C@H](O)[C@H](O)C(O)[C@H](O)[C@H]1O. The van der Waals surface area contributed by atoms with Gasteiger partial charge in [0.05, 0.1) is 13.2 Å². The molecule has 0 aromatic rings. The molecule has 8 atom stereocenters. The minimum absolute atomic E-state index is 0.125. The fourth-order valence-electron chi connectivity index (χ4n) is 4.34. The largest absolute Gasteiger partial charge is 0.472 e. The van der Waals surface area contributed by atoms with Crippen LogP contribution < -0.4 is 0 Å². The molecule has 1 aliphatic carbocycles. The van der Waals surface area contributed by atoms with Crippen LogP contribution in [0.15, 0.2) is 0 Å². The van der Waals surface area contributed by atoms with E-state index in [1.807, 2.05) is 0 Å². The summed E-state index contributed by atoms with van der Waals surface area (Å²) in [4.78, 5) is 21.9. The molecule has 3 unspecified atom stereocenters. The van der Waals surface area contributed by atoms with Crippen molar-refractivity contribution < 1.29 is 58.7 Å². The highest BCUT2D eigenvalue weighted by molar-refractivity contribution is 7.47. The second-order valence-electron chi connectivity index (χ2n) is 10.1. The quantitative estimate of drug-likeness (QED) is 0.0596. The predicted molar refractivity (Wildman–Crippen MR) is 138 cm³/mol. The van der Waals surface area contributed by atoms with Crippen LogP contribution in [0, 0.1) is 0 Å². The molecule has 1 saturated carbocycles. The van der Waals surface area contributed by atoms with E-state index in [0.29, 0.717) is 6.42 Å². The van der Waals surface area contributed by atoms with Crippen molar-refractivity contribution in [1.82, 2.24) is 0 Å². The molecule has 0 aromatic carbocycles. The van der Waals surface area contributed by atoms with Gasteiger partial charge in [-0.25, -0.2) is 4.57 Å². The second-order valence-corrected chi connectivity index (χ2v) is 11.5. The van der Waals surface area contributed by atoms with E-state index in [2.05, 4.69) is 11.4 Å². The number of aliphatic hydroxyl groups is 6. The van der Waals surface area contributed by atoms with Gasteiger partial charge in [-0.05, 0) is 6.42 Å². The number of rotatable bonds is 21. The summed E-state index contributed by atoms with van der Waals surface area (Å²) in [7, 11) is -5.00. The van der Waals surface area contributed by atoms with E-state index in [1.165, 1.54) is 57.8 Å². The molecule has 12 nitrogen and oxygen atoms in total. The molecule has 0 aromatic heterocycles. The van der Waals surface area contributed by atoms with Crippen LogP contribution in [0.25, 0.3) is 0 Å². The van der Waals surface area contributed by atoms with Gasteiger partial charge in [0.2, 0.25) is 0 Å². The number of hydrogen-bond donors (Lipinski definition) is 7. The standard InChI is InChI=1S/C25H49O12P/c1-2-3-4-5-6-7-8-9-10-11-12-13-14-15-19(27)36-18(16-26)17-35-38(33,34)37-25-23(31)21(29)20(28)22(30)24(25)32/h18,20-26,28-32H,2-17H2,1H3,(H,33,34)/t18-,20?,21-,22+,23+,24+,25?/m0/s1. The molecular formula is C25H49O12P. The van der Waals surface area contributed by atoms with E-state index < -0.39 is 69.7 Å². The average Bonchev–Trinajstić information content (AvgIpc) is 2.89. The zero-order valence-electron chi connectivity index (χ0n) is 22.5. The first-order chi connectivity index (χ1) is 18.0. The number of esters is 1. The Morgan fingerprint density at radius 2 is 1.16 bits per heavy atom. The van der Waals surface area contributed by atoms with Crippen molar-refractivity contribution in [2.24, 2.45) is 0 Å².